The van der Waals surface area contributed by atoms with Crippen molar-refractivity contribution in [2.75, 3.05) is 6.54 Å². The Morgan fingerprint density at radius 1 is 1.35 bits per heavy atom. The van der Waals surface area contributed by atoms with E-state index in [4.69, 9.17) is 5.73 Å². The van der Waals surface area contributed by atoms with Gasteiger partial charge in [-0.15, -0.1) is 11.3 Å². The van der Waals surface area contributed by atoms with Crippen molar-refractivity contribution in [3.05, 3.63) is 16.3 Å². The average molecular weight is 316 g/mol. The maximum Gasteiger partial charge on any atom is 0.241 e. The number of rotatable bonds is 6. The van der Waals surface area contributed by atoms with Crippen molar-refractivity contribution in [3.63, 3.8) is 0 Å². The van der Waals surface area contributed by atoms with Crippen LogP contribution >= 0.6 is 11.3 Å². The summed E-state index contributed by atoms with van der Waals surface area (Å²) in [5, 5.41) is 1.66. The lowest BCUT2D eigenvalue weighted by molar-refractivity contribution is 0.278. The lowest BCUT2D eigenvalue weighted by atomic mass is 9.81. The molecular formula is C14H24N2O2S2. The predicted octanol–water partition coefficient (Wildman–Crippen LogP) is 2.70. The van der Waals surface area contributed by atoms with E-state index < -0.39 is 10.0 Å². The van der Waals surface area contributed by atoms with Gasteiger partial charge >= 0.3 is 0 Å². The van der Waals surface area contributed by atoms with Crippen LogP contribution in [0.25, 0.3) is 0 Å². The van der Waals surface area contributed by atoms with Crippen molar-refractivity contribution < 1.29 is 8.42 Å². The Hall–Kier alpha value is -0.430. The summed E-state index contributed by atoms with van der Waals surface area (Å²) in [4.78, 5) is 1.24. The minimum atomic E-state index is -3.36. The molecular weight excluding hydrogens is 292 g/mol. The number of nitrogens with one attached hydrogen (secondary N) is 1. The first-order valence-electron chi connectivity index (χ1n) is 7.28. The Morgan fingerprint density at radius 2 is 2.05 bits per heavy atom. The SMILES string of the molecule is CC1CCC(CCNS(=O)(=O)c2csc(CN)c2)CC1. The summed E-state index contributed by atoms with van der Waals surface area (Å²) in [6.45, 7) is 3.22. The zero-order chi connectivity index (χ0) is 14.6. The molecule has 0 atom stereocenters. The monoisotopic (exact) mass is 316 g/mol. The maximum atomic E-state index is 12.1. The first-order chi connectivity index (χ1) is 9.51. The highest BCUT2D eigenvalue weighted by molar-refractivity contribution is 7.89. The molecule has 1 saturated carbocycles. The lowest BCUT2D eigenvalue weighted by Gasteiger charge is -2.26. The molecule has 0 radical (unpaired) electrons. The Kier molecular flexibility index (Phi) is 5.60. The smallest absolute Gasteiger partial charge is 0.241 e. The van der Waals surface area contributed by atoms with Crippen molar-refractivity contribution >= 4 is 21.4 Å². The van der Waals surface area contributed by atoms with E-state index in [0.717, 1.165) is 17.2 Å². The average Bonchev–Trinajstić information content (AvgIpc) is 2.90. The second kappa shape index (κ2) is 7.02. The second-order valence-electron chi connectivity index (χ2n) is 5.77. The van der Waals surface area contributed by atoms with Gasteiger partial charge in [-0.05, 0) is 24.3 Å². The molecule has 1 aromatic heterocycles. The summed E-state index contributed by atoms with van der Waals surface area (Å²) in [7, 11) is -3.36. The zero-order valence-electron chi connectivity index (χ0n) is 12.0. The molecule has 0 aromatic carbocycles. The minimum absolute atomic E-state index is 0.347. The Balaban J connectivity index is 1.80. The van der Waals surface area contributed by atoms with Gasteiger partial charge in [0, 0.05) is 23.3 Å². The fourth-order valence-electron chi connectivity index (χ4n) is 2.71. The molecule has 0 aliphatic heterocycles. The van der Waals surface area contributed by atoms with Crippen LogP contribution < -0.4 is 10.5 Å². The molecule has 6 heteroatoms. The van der Waals surface area contributed by atoms with Gasteiger partial charge in [0.25, 0.3) is 0 Å². The summed E-state index contributed by atoms with van der Waals surface area (Å²) >= 11 is 1.39. The van der Waals surface area contributed by atoms with E-state index >= 15 is 0 Å². The summed E-state index contributed by atoms with van der Waals surface area (Å²) in [5.74, 6) is 1.51. The Morgan fingerprint density at radius 3 is 2.65 bits per heavy atom. The highest BCUT2D eigenvalue weighted by Crippen LogP contribution is 2.30. The lowest BCUT2D eigenvalue weighted by Crippen LogP contribution is -2.26. The third kappa shape index (κ3) is 4.28. The number of hydrogen-bond acceptors (Lipinski definition) is 4. The fourth-order valence-corrected chi connectivity index (χ4v) is 4.91. The van der Waals surface area contributed by atoms with Crippen molar-refractivity contribution in [2.24, 2.45) is 17.6 Å². The van der Waals surface area contributed by atoms with E-state index in [2.05, 4.69) is 11.6 Å². The van der Waals surface area contributed by atoms with Crippen LogP contribution in [0.2, 0.25) is 0 Å². The highest BCUT2D eigenvalue weighted by atomic mass is 32.2. The van der Waals surface area contributed by atoms with Crippen LogP contribution in [0.3, 0.4) is 0 Å². The van der Waals surface area contributed by atoms with Crippen LogP contribution in [0.1, 0.15) is 43.9 Å². The molecule has 1 aliphatic carbocycles. The zero-order valence-corrected chi connectivity index (χ0v) is 13.6. The van der Waals surface area contributed by atoms with E-state index in [0.29, 0.717) is 23.9 Å². The van der Waals surface area contributed by atoms with Crippen molar-refractivity contribution in [3.8, 4) is 0 Å². The molecule has 0 spiro atoms. The number of nitrogens with two attached hydrogens (primary N) is 1. The van der Waals surface area contributed by atoms with E-state index in [-0.39, 0.29) is 0 Å². The first-order valence-corrected chi connectivity index (χ1v) is 9.64. The van der Waals surface area contributed by atoms with Gasteiger partial charge in [0.1, 0.15) is 0 Å². The molecule has 4 nitrogen and oxygen atoms in total. The van der Waals surface area contributed by atoms with Crippen LogP contribution in [0, 0.1) is 11.8 Å². The van der Waals surface area contributed by atoms with Gasteiger partial charge in [0.05, 0.1) is 4.90 Å². The van der Waals surface area contributed by atoms with Gasteiger partial charge in [0.15, 0.2) is 0 Å². The first kappa shape index (κ1) is 15.9. The highest BCUT2D eigenvalue weighted by Gasteiger charge is 2.20. The summed E-state index contributed by atoms with van der Waals surface area (Å²) in [6.07, 6.45) is 5.97. The van der Waals surface area contributed by atoms with Crippen molar-refractivity contribution in [2.45, 2.75) is 50.5 Å². The molecule has 1 heterocycles. The third-order valence-corrected chi connectivity index (χ3v) is 6.67. The van der Waals surface area contributed by atoms with Gasteiger partial charge in [-0.3, -0.25) is 0 Å². The van der Waals surface area contributed by atoms with Gasteiger partial charge < -0.3 is 5.73 Å². The van der Waals surface area contributed by atoms with E-state index in [9.17, 15) is 8.42 Å². The van der Waals surface area contributed by atoms with Crippen LogP contribution in [0.15, 0.2) is 16.3 Å². The van der Waals surface area contributed by atoms with Gasteiger partial charge in [-0.1, -0.05) is 32.6 Å². The quantitative estimate of drug-likeness (QED) is 0.847. The Bertz CT molecular complexity index is 517. The summed E-state index contributed by atoms with van der Waals surface area (Å²) in [6, 6.07) is 1.66. The topological polar surface area (TPSA) is 72.2 Å². The summed E-state index contributed by atoms with van der Waals surface area (Å²) < 4.78 is 26.9. The second-order valence-corrected chi connectivity index (χ2v) is 8.53. The molecule has 114 valence electrons. The third-order valence-electron chi connectivity index (χ3n) is 4.12. The molecule has 1 fully saturated rings. The molecule has 1 aliphatic rings. The fraction of sp³-hybridized carbons (Fsp3) is 0.714. The van der Waals surface area contributed by atoms with E-state index in [1.165, 1.54) is 37.0 Å². The van der Waals surface area contributed by atoms with Gasteiger partial charge in [-0.2, -0.15) is 0 Å². The Labute approximate surface area is 125 Å². The maximum absolute atomic E-state index is 12.1. The molecule has 3 N–H and O–H groups in total. The predicted molar refractivity (Wildman–Crippen MR) is 83.1 cm³/mol. The number of hydrogen-bond donors (Lipinski definition) is 2. The van der Waals surface area contributed by atoms with Crippen LogP contribution in [0.5, 0.6) is 0 Å². The van der Waals surface area contributed by atoms with Crippen molar-refractivity contribution in [1.82, 2.24) is 4.72 Å². The van der Waals surface area contributed by atoms with Crippen LogP contribution in [0.4, 0.5) is 0 Å². The molecule has 2 rings (SSSR count). The minimum Gasteiger partial charge on any atom is -0.326 e. The largest absolute Gasteiger partial charge is 0.326 e. The van der Waals surface area contributed by atoms with Crippen LogP contribution in [-0.2, 0) is 16.6 Å². The van der Waals surface area contributed by atoms with E-state index in [1.54, 1.807) is 11.4 Å². The molecule has 0 unspecified atom stereocenters. The standard InChI is InChI=1S/C14H24N2O2S2/c1-11-2-4-12(5-3-11)6-7-16-20(17,18)14-8-13(9-15)19-10-14/h8,10-12,16H,2-7,9,15H2,1H3. The van der Waals surface area contributed by atoms with Gasteiger partial charge in [-0.25, -0.2) is 13.1 Å². The molecule has 20 heavy (non-hydrogen) atoms. The molecule has 1 aromatic rings. The van der Waals surface area contributed by atoms with Crippen LogP contribution in [-0.4, -0.2) is 15.0 Å². The number of sulfonamides is 1. The summed E-state index contributed by atoms with van der Waals surface area (Å²) in [5.41, 5.74) is 5.51. The van der Waals surface area contributed by atoms with Gasteiger partial charge in [0.2, 0.25) is 10.0 Å². The van der Waals surface area contributed by atoms with E-state index in [1.807, 2.05) is 0 Å². The van der Waals surface area contributed by atoms with Crippen molar-refractivity contribution in [1.29, 1.82) is 0 Å². The normalized spacial score (nSPS) is 23.9. The molecule has 0 bridgehead atoms. The molecule has 0 saturated heterocycles. The number of thiophene rings is 1. The molecule has 0 amide bonds.